The summed E-state index contributed by atoms with van der Waals surface area (Å²) >= 11 is 0. The maximum atomic E-state index is 11.7. The predicted octanol–water partition coefficient (Wildman–Crippen LogP) is 1.32. The molecule has 0 aromatic heterocycles. The standard InChI is InChI=1S/C10H18F3NO2/c11-10(12,13)7-16-5-4-14-6-8-2-1-3-9(8)15/h8-9,14-15H,1-7H2. The molecule has 1 saturated carbocycles. The smallest absolute Gasteiger partial charge is 0.393 e. The number of halogens is 3. The molecule has 1 aliphatic carbocycles. The fourth-order valence-electron chi connectivity index (χ4n) is 1.88. The van der Waals surface area contributed by atoms with Crippen molar-refractivity contribution in [3.8, 4) is 0 Å². The van der Waals surface area contributed by atoms with Crippen LogP contribution in [-0.4, -0.2) is 43.7 Å². The lowest BCUT2D eigenvalue weighted by molar-refractivity contribution is -0.173. The average molecular weight is 241 g/mol. The fourth-order valence-corrected chi connectivity index (χ4v) is 1.88. The third kappa shape index (κ3) is 5.67. The summed E-state index contributed by atoms with van der Waals surface area (Å²) in [7, 11) is 0. The number of rotatable bonds is 6. The van der Waals surface area contributed by atoms with Gasteiger partial charge in [-0.2, -0.15) is 13.2 Å². The summed E-state index contributed by atoms with van der Waals surface area (Å²) < 4.78 is 39.5. The molecule has 0 amide bonds. The van der Waals surface area contributed by atoms with E-state index in [1.165, 1.54) is 0 Å². The van der Waals surface area contributed by atoms with E-state index in [1.54, 1.807) is 0 Å². The number of hydrogen-bond acceptors (Lipinski definition) is 3. The first kappa shape index (κ1) is 13.7. The lowest BCUT2D eigenvalue weighted by atomic mass is 10.1. The van der Waals surface area contributed by atoms with Crippen molar-refractivity contribution in [2.24, 2.45) is 5.92 Å². The second-order valence-electron chi connectivity index (χ2n) is 4.13. The Kier molecular flexibility index (Phi) is 5.51. The van der Waals surface area contributed by atoms with E-state index in [-0.39, 0.29) is 18.6 Å². The molecule has 2 atom stereocenters. The predicted molar refractivity (Wildman–Crippen MR) is 53.1 cm³/mol. The van der Waals surface area contributed by atoms with Crippen molar-refractivity contribution in [3.63, 3.8) is 0 Å². The minimum Gasteiger partial charge on any atom is -0.393 e. The van der Waals surface area contributed by atoms with Gasteiger partial charge >= 0.3 is 6.18 Å². The maximum Gasteiger partial charge on any atom is 0.411 e. The number of hydrogen-bond donors (Lipinski definition) is 2. The minimum atomic E-state index is -4.25. The van der Waals surface area contributed by atoms with Crippen LogP contribution in [0.3, 0.4) is 0 Å². The van der Waals surface area contributed by atoms with Crippen LogP contribution in [0.5, 0.6) is 0 Å². The van der Waals surface area contributed by atoms with Gasteiger partial charge in [-0.15, -0.1) is 0 Å². The van der Waals surface area contributed by atoms with Gasteiger partial charge in [0.15, 0.2) is 0 Å². The lowest BCUT2D eigenvalue weighted by Crippen LogP contribution is -2.31. The molecule has 2 unspecified atom stereocenters. The van der Waals surface area contributed by atoms with Gasteiger partial charge in [0.1, 0.15) is 6.61 Å². The van der Waals surface area contributed by atoms with Gasteiger partial charge in [-0.3, -0.25) is 0 Å². The van der Waals surface area contributed by atoms with E-state index >= 15 is 0 Å². The highest BCUT2D eigenvalue weighted by molar-refractivity contribution is 4.77. The van der Waals surface area contributed by atoms with Crippen LogP contribution < -0.4 is 5.32 Å². The van der Waals surface area contributed by atoms with Gasteiger partial charge in [0, 0.05) is 13.1 Å². The van der Waals surface area contributed by atoms with Crippen molar-refractivity contribution in [1.82, 2.24) is 5.32 Å². The Labute approximate surface area is 93.0 Å². The van der Waals surface area contributed by atoms with Gasteiger partial charge in [-0.05, 0) is 18.8 Å². The third-order valence-electron chi connectivity index (χ3n) is 2.71. The molecule has 0 radical (unpaired) electrons. The van der Waals surface area contributed by atoms with Crippen LogP contribution in [0.15, 0.2) is 0 Å². The molecule has 0 bridgehead atoms. The molecule has 1 fully saturated rings. The molecule has 1 rings (SSSR count). The first-order valence-corrected chi connectivity index (χ1v) is 5.52. The van der Waals surface area contributed by atoms with Crippen molar-refractivity contribution in [2.45, 2.75) is 31.5 Å². The lowest BCUT2D eigenvalue weighted by Gasteiger charge is -2.15. The Bertz CT molecular complexity index is 199. The van der Waals surface area contributed by atoms with Gasteiger partial charge in [0.2, 0.25) is 0 Å². The highest BCUT2D eigenvalue weighted by Gasteiger charge is 2.27. The van der Waals surface area contributed by atoms with Crippen molar-refractivity contribution >= 4 is 0 Å². The summed E-state index contributed by atoms with van der Waals surface area (Å²) in [6.45, 7) is -0.112. The normalized spacial score (nSPS) is 26.2. The van der Waals surface area contributed by atoms with E-state index in [4.69, 9.17) is 0 Å². The van der Waals surface area contributed by atoms with E-state index in [1.807, 2.05) is 0 Å². The van der Waals surface area contributed by atoms with E-state index in [0.717, 1.165) is 19.3 Å². The molecule has 0 aromatic rings. The molecule has 96 valence electrons. The summed E-state index contributed by atoms with van der Waals surface area (Å²) in [6, 6.07) is 0. The maximum absolute atomic E-state index is 11.7. The molecule has 2 N–H and O–H groups in total. The zero-order valence-corrected chi connectivity index (χ0v) is 9.09. The number of ether oxygens (including phenoxy) is 1. The molecule has 0 heterocycles. The zero-order chi connectivity index (χ0) is 12.0. The molecule has 0 aromatic carbocycles. The van der Waals surface area contributed by atoms with Crippen LogP contribution in [-0.2, 0) is 4.74 Å². The van der Waals surface area contributed by atoms with E-state index < -0.39 is 12.8 Å². The van der Waals surface area contributed by atoms with Crippen molar-refractivity contribution < 1.29 is 23.0 Å². The molecule has 16 heavy (non-hydrogen) atoms. The van der Waals surface area contributed by atoms with Gasteiger partial charge < -0.3 is 15.2 Å². The summed E-state index contributed by atoms with van der Waals surface area (Å²) in [4.78, 5) is 0. The highest BCUT2D eigenvalue weighted by Crippen LogP contribution is 2.24. The first-order chi connectivity index (χ1) is 7.49. The van der Waals surface area contributed by atoms with Crippen LogP contribution in [0.1, 0.15) is 19.3 Å². The summed E-state index contributed by atoms with van der Waals surface area (Å²) in [5.41, 5.74) is 0. The molecule has 6 heteroatoms. The quantitative estimate of drug-likeness (QED) is 0.689. The Morgan fingerprint density at radius 2 is 2.06 bits per heavy atom. The number of alkyl halides is 3. The van der Waals surface area contributed by atoms with E-state index in [2.05, 4.69) is 10.1 Å². The second kappa shape index (κ2) is 6.42. The Morgan fingerprint density at radius 3 is 2.62 bits per heavy atom. The Hall–Kier alpha value is -0.330. The summed E-state index contributed by atoms with van der Waals surface area (Å²) in [6.07, 6.45) is -1.67. The largest absolute Gasteiger partial charge is 0.411 e. The topological polar surface area (TPSA) is 41.5 Å². The van der Waals surface area contributed by atoms with Crippen molar-refractivity contribution in [1.29, 1.82) is 0 Å². The minimum absolute atomic E-state index is 0.0440. The molecule has 1 aliphatic rings. The molecular weight excluding hydrogens is 223 g/mol. The van der Waals surface area contributed by atoms with Crippen LogP contribution in [0.25, 0.3) is 0 Å². The molecule has 3 nitrogen and oxygen atoms in total. The van der Waals surface area contributed by atoms with Crippen LogP contribution >= 0.6 is 0 Å². The Balaban J connectivity index is 1.92. The number of aliphatic hydroxyl groups excluding tert-OH is 1. The molecule has 0 saturated heterocycles. The monoisotopic (exact) mass is 241 g/mol. The third-order valence-corrected chi connectivity index (χ3v) is 2.71. The van der Waals surface area contributed by atoms with Crippen LogP contribution in [0.4, 0.5) is 13.2 Å². The van der Waals surface area contributed by atoms with Gasteiger partial charge in [0.05, 0.1) is 12.7 Å². The summed E-state index contributed by atoms with van der Waals surface area (Å²) in [5.74, 6) is 0.239. The number of aliphatic hydroxyl groups is 1. The molecule has 0 spiro atoms. The highest BCUT2D eigenvalue weighted by atomic mass is 19.4. The van der Waals surface area contributed by atoms with Gasteiger partial charge in [-0.1, -0.05) is 6.42 Å². The fraction of sp³-hybridized carbons (Fsp3) is 1.00. The van der Waals surface area contributed by atoms with E-state index in [9.17, 15) is 18.3 Å². The van der Waals surface area contributed by atoms with Gasteiger partial charge in [-0.25, -0.2) is 0 Å². The number of nitrogens with one attached hydrogen (secondary N) is 1. The Morgan fingerprint density at radius 1 is 1.31 bits per heavy atom. The van der Waals surface area contributed by atoms with Crippen LogP contribution in [0.2, 0.25) is 0 Å². The molecular formula is C10H18F3NO2. The summed E-state index contributed by atoms with van der Waals surface area (Å²) in [5, 5.41) is 12.5. The average Bonchev–Trinajstić information content (AvgIpc) is 2.56. The van der Waals surface area contributed by atoms with Crippen molar-refractivity contribution in [3.05, 3.63) is 0 Å². The van der Waals surface area contributed by atoms with Gasteiger partial charge in [0.25, 0.3) is 0 Å². The SMILES string of the molecule is OC1CCCC1CNCCOCC(F)(F)F. The van der Waals surface area contributed by atoms with Crippen LogP contribution in [0, 0.1) is 5.92 Å². The molecule has 0 aliphatic heterocycles. The first-order valence-electron chi connectivity index (χ1n) is 5.52. The zero-order valence-electron chi connectivity index (χ0n) is 9.09. The van der Waals surface area contributed by atoms with Crippen molar-refractivity contribution in [2.75, 3.05) is 26.3 Å². The van der Waals surface area contributed by atoms with E-state index in [0.29, 0.717) is 13.1 Å². The second-order valence-corrected chi connectivity index (χ2v) is 4.13.